The SMILES string of the molecule is CCc1cc(C(CC)c2cccc(F)c2)n(-c2ccccc2)n1. The lowest BCUT2D eigenvalue weighted by molar-refractivity contribution is 0.619. The van der Waals surface area contributed by atoms with E-state index in [2.05, 4.69) is 19.9 Å². The molecule has 0 saturated heterocycles. The topological polar surface area (TPSA) is 17.8 Å². The zero-order valence-corrected chi connectivity index (χ0v) is 13.5. The van der Waals surface area contributed by atoms with Gasteiger partial charge in [-0.3, -0.25) is 0 Å². The van der Waals surface area contributed by atoms with E-state index in [1.165, 1.54) is 6.07 Å². The summed E-state index contributed by atoms with van der Waals surface area (Å²) in [4.78, 5) is 0. The molecule has 0 aliphatic heterocycles. The van der Waals surface area contributed by atoms with Gasteiger partial charge in [0.25, 0.3) is 0 Å². The number of aryl methyl sites for hydroxylation is 1. The lowest BCUT2D eigenvalue weighted by Gasteiger charge is -2.17. The normalized spacial score (nSPS) is 12.3. The summed E-state index contributed by atoms with van der Waals surface area (Å²) in [5.74, 6) is -0.0684. The molecular formula is C20H21FN2. The Bertz CT molecular complexity index is 777. The maximum absolute atomic E-state index is 13.7. The summed E-state index contributed by atoms with van der Waals surface area (Å²) in [6, 6.07) is 19.1. The molecule has 1 aromatic heterocycles. The molecule has 0 saturated carbocycles. The van der Waals surface area contributed by atoms with E-state index in [-0.39, 0.29) is 11.7 Å². The fourth-order valence-electron chi connectivity index (χ4n) is 2.98. The first kappa shape index (κ1) is 15.5. The smallest absolute Gasteiger partial charge is 0.123 e. The average Bonchev–Trinajstić information content (AvgIpc) is 3.01. The molecule has 0 bridgehead atoms. The summed E-state index contributed by atoms with van der Waals surface area (Å²) in [7, 11) is 0. The van der Waals surface area contributed by atoms with Gasteiger partial charge in [-0.25, -0.2) is 9.07 Å². The predicted octanol–water partition coefficient (Wildman–Crippen LogP) is 5.12. The van der Waals surface area contributed by atoms with Crippen molar-refractivity contribution in [2.75, 3.05) is 0 Å². The van der Waals surface area contributed by atoms with Crippen LogP contribution in [0.2, 0.25) is 0 Å². The van der Waals surface area contributed by atoms with Crippen molar-refractivity contribution in [3.05, 3.63) is 83.4 Å². The minimum atomic E-state index is -0.192. The first-order valence-corrected chi connectivity index (χ1v) is 8.12. The van der Waals surface area contributed by atoms with Crippen molar-refractivity contribution in [2.45, 2.75) is 32.6 Å². The van der Waals surface area contributed by atoms with Gasteiger partial charge in [-0.1, -0.05) is 44.2 Å². The lowest BCUT2D eigenvalue weighted by Crippen LogP contribution is -2.08. The van der Waals surface area contributed by atoms with Gasteiger partial charge in [0, 0.05) is 5.92 Å². The van der Waals surface area contributed by atoms with Gasteiger partial charge >= 0.3 is 0 Å². The summed E-state index contributed by atoms with van der Waals surface area (Å²) < 4.78 is 15.6. The number of hydrogen-bond donors (Lipinski definition) is 0. The predicted molar refractivity (Wildman–Crippen MR) is 91.5 cm³/mol. The molecule has 1 atom stereocenters. The van der Waals surface area contributed by atoms with Crippen molar-refractivity contribution >= 4 is 0 Å². The molecule has 0 aliphatic rings. The number of aromatic nitrogens is 2. The van der Waals surface area contributed by atoms with Crippen LogP contribution in [0.1, 0.15) is 43.1 Å². The fraction of sp³-hybridized carbons (Fsp3) is 0.250. The molecule has 2 nitrogen and oxygen atoms in total. The second kappa shape index (κ2) is 6.78. The highest BCUT2D eigenvalue weighted by Gasteiger charge is 2.19. The van der Waals surface area contributed by atoms with Crippen molar-refractivity contribution in [2.24, 2.45) is 0 Å². The Morgan fingerprint density at radius 2 is 1.78 bits per heavy atom. The molecule has 1 heterocycles. The molecule has 23 heavy (non-hydrogen) atoms. The monoisotopic (exact) mass is 308 g/mol. The van der Waals surface area contributed by atoms with Crippen molar-refractivity contribution < 1.29 is 4.39 Å². The van der Waals surface area contributed by atoms with Crippen molar-refractivity contribution in [3.8, 4) is 5.69 Å². The highest BCUT2D eigenvalue weighted by molar-refractivity contribution is 5.38. The number of hydrogen-bond acceptors (Lipinski definition) is 1. The minimum absolute atomic E-state index is 0.124. The Morgan fingerprint density at radius 3 is 2.43 bits per heavy atom. The Morgan fingerprint density at radius 1 is 1.00 bits per heavy atom. The molecule has 0 aliphatic carbocycles. The summed E-state index contributed by atoms with van der Waals surface area (Å²) in [6.07, 6.45) is 1.78. The number of rotatable bonds is 5. The Balaban J connectivity index is 2.12. The largest absolute Gasteiger partial charge is 0.237 e. The van der Waals surface area contributed by atoms with Gasteiger partial charge in [-0.05, 0) is 48.7 Å². The van der Waals surface area contributed by atoms with E-state index in [1.54, 1.807) is 12.1 Å². The van der Waals surface area contributed by atoms with Gasteiger partial charge in [-0.2, -0.15) is 5.10 Å². The summed E-state index contributed by atoms with van der Waals surface area (Å²) >= 11 is 0. The standard InChI is InChI=1S/C20H21FN2/c1-3-17-14-20(23(22-17)18-11-6-5-7-12-18)19(4-2)15-9-8-10-16(21)13-15/h5-14,19H,3-4H2,1-2H3. The number of halogens is 1. The van der Waals surface area contributed by atoms with Gasteiger partial charge in [0.1, 0.15) is 5.82 Å². The van der Waals surface area contributed by atoms with Crippen molar-refractivity contribution in [1.82, 2.24) is 9.78 Å². The second-order valence-electron chi connectivity index (χ2n) is 5.68. The Kier molecular flexibility index (Phi) is 4.56. The van der Waals surface area contributed by atoms with Crippen LogP contribution in [0.3, 0.4) is 0 Å². The Hall–Kier alpha value is -2.42. The Labute approximate surface area is 136 Å². The number of benzene rings is 2. The van der Waals surface area contributed by atoms with Gasteiger partial charge in [0.2, 0.25) is 0 Å². The average molecular weight is 308 g/mol. The highest BCUT2D eigenvalue weighted by atomic mass is 19.1. The van der Waals surface area contributed by atoms with Gasteiger partial charge in [-0.15, -0.1) is 0 Å². The molecule has 0 radical (unpaired) electrons. The first-order valence-electron chi connectivity index (χ1n) is 8.12. The number of nitrogens with zero attached hydrogens (tertiary/aromatic N) is 2. The third-order valence-corrected chi connectivity index (χ3v) is 4.17. The molecule has 0 fully saturated rings. The molecule has 0 spiro atoms. The van der Waals surface area contributed by atoms with Gasteiger partial charge in [0.15, 0.2) is 0 Å². The van der Waals surface area contributed by atoms with Crippen molar-refractivity contribution in [3.63, 3.8) is 0 Å². The zero-order chi connectivity index (χ0) is 16.2. The molecule has 2 aromatic carbocycles. The number of para-hydroxylation sites is 1. The molecule has 118 valence electrons. The zero-order valence-electron chi connectivity index (χ0n) is 13.5. The van der Waals surface area contributed by atoms with E-state index in [0.29, 0.717) is 0 Å². The highest BCUT2D eigenvalue weighted by Crippen LogP contribution is 2.30. The third kappa shape index (κ3) is 3.19. The van der Waals surface area contributed by atoms with E-state index in [4.69, 9.17) is 5.10 Å². The van der Waals surface area contributed by atoms with Crippen LogP contribution in [0, 0.1) is 5.82 Å². The molecule has 3 heteroatoms. The van der Waals surface area contributed by atoms with Crippen LogP contribution in [-0.4, -0.2) is 9.78 Å². The molecule has 3 aromatic rings. The van der Waals surface area contributed by atoms with Crippen LogP contribution in [0.15, 0.2) is 60.7 Å². The van der Waals surface area contributed by atoms with Gasteiger partial charge in [0.05, 0.1) is 17.1 Å². The lowest BCUT2D eigenvalue weighted by atomic mass is 9.92. The molecular weight excluding hydrogens is 287 g/mol. The van der Waals surface area contributed by atoms with Gasteiger partial charge < -0.3 is 0 Å². The quantitative estimate of drug-likeness (QED) is 0.640. The fourth-order valence-corrected chi connectivity index (χ4v) is 2.98. The maximum atomic E-state index is 13.7. The van der Waals surface area contributed by atoms with Crippen LogP contribution in [-0.2, 0) is 6.42 Å². The van der Waals surface area contributed by atoms with Crippen LogP contribution in [0.4, 0.5) is 4.39 Å². The maximum Gasteiger partial charge on any atom is 0.123 e. The van der Waals surface area contributed by atoms with E-state index < -0.39 is 0 Å². The van der Waals surface area contributed by atoms with Crippen LogP contribution < -0.4 is 0 Å². The minimum Gasteiger partial charge on any atom is -0.237 e. The van der Waals surface area contributed by atoms with E-state index >= 15 is 0 Å². The first-order chi connectivity index (χ1) is 11.2. The molecule has 0 N–H and O–H groups in total. The molecule has 0 amide bonds. The van der Waals surface area contributed by atoms with E-state index in [0.717, 1.165) is 35.5 Å². The molecule has 3 rings (SSSR count). The van der Waals surface area contributed by atoms with E-state index in [1.807, 2.05) is 41.1 Å². The summed E-state index contributed by atoms with van der Waals surface area (Å²) in [5, 5.41) is 4.74. The van der Waals surface area contributed by atoms with Crippen LogP contribution >= 0.6 is 0 Å². The van der Waals surface area contributed by atoms with Crippen LogP contribution in [0.5, 0.6) is 0 Å². The summed E-state index contributed by atoms with van der Waals surface area (Å²) in [6.45, 7) is 4.23. The summed E-state index contributed by atoms with van der Waals surface area (Å²) in [5.41, 5.74) is 4.20. The van der Waals surface area contributed by atoms with Crippen molar-refractivity contribution in [1.29, 1.82) is 0 Å². The van der Waals surface area contributed by atoms with Crippen LogP contribution in [0.25, 0.3) is 5.69 Å². The third-order valence-electron chi connectivity index (χ3n) is 4.17. The second-order valence-corrected chi connectivity index (χ2v) is 5.68. The molecule has 1 unspecified atom stereocenters. The van der Waals surface area contributed by atoms with E-state index in [9.17, 15) is 4.39 Å².